The maximum absolute atomic E-state index is 3.71. The molecule has 0 spiro atoms. The van der Waals surface area contributed by atoms with Gasteiger partial charge in [0.15, 0.2) is 0 Å². The number of nitrogens with one attached hydrogen (secondary N) is 1. The number of hydrogen-bond acceptors (Lipinski definition) is 1. The molecule has 0 saturated heterocycles. The number of hydrogen-bond donors (Lipinski definition) is 1. The smallest absolute Gasteiger partial charge is 0.0208 e. The zero-order valence-corrected chi connectivity index (χ0v) is 13.3. The van der Waals surface area contributed by atoms with Crippen molar-refractivity contribution in [3.05, 3.63) is 33.8 Å². The van der Waals surface area contributed by atoms with E-state index in [1.807, 2.05) is 0 Å². The van der Waals surface area contributed by atoms with Crippen molar-refractivity contribution in [2.24, 2.45) is 5.41 Å². The molecule has 18 heavy (non-hydrogen) atoms. The Hall–Kier alpha value is -0.340. The van der Waals surface area contributed by atoms with Crippen LogP contribution in [0.2, 0.25) is 0 Å². The van der Waals surface area contributed by atoms with E-state index in [0.29, 0.717) is 11.5 Å². The number of halogens is 1. The fourth-order valence-electron chi connectivity index (χ4n) is 2.68. The van der Waals surface area contributed by atoms with Crippen LogP contribution in [-0.2, 0) is 6.54 Å². The molecule has 0 aliphatic heterocycles. The highest BCUT2D eigenvalue weighted by Crippen LogP contribution is 2.35. The van der Waals surface area contributed by atoms with Crippen molar-refractivity contribution < 1.29 is 0 Å². The molecule has 0 radical (unpaired) electrons. The summed E-state index contributed by atoms with van der Waals surface area (Å²) < 4.78 is 1.20. The van der Waals surface area contributed by atoms with E-state index in [1.54, 1.807) is 0 Å². The van der Waals surface area contributed by atoms with Crippen molar-refractivity contribution >= 4 is 15.9 Å². The zero-order chi connectivity index (χ0) is 13.2. The maximum atomic E-state index is 3.71. The molecule has 1 N–H and O–H groups in total. The van der Waals surface area contributed by atoms with Gasteiger partial charge in [0, 0.05) is 17.1 Å². The molecule has 1 fully saturated rings. The Balaban J connectivity index is 1.83. The summed E-state index contributed by atoms with van der Waals surface area (Å²) in [5.74, 6) is 0. The van der Waals surface area contributed by atoms with Crippen LogP contribution in [0.15, 0.2) is 22.7 Å². The lowest BCUT2D eigenvalue weighted by atomic mass is 9.75. The van der Waals surface area contributed by atoms with Crippen molar-refractivity contribution in [3.63, 3.8) is 0 Å². The first-order valence-corrected chi connectivity index (χ1v) is 7.74. The molecular formula is C16H24BrN. The van der Waals surface area contributed by atoms with Gasteiger partial charge in [-0.05, 0) is 55.2 Å². The molecular weight excluding hydrogens is 286 g/mol. The van der Waals surface area contributed by atoms with Crippen LogP contribution in [0.5, 0.6) is 0 Å². The lowest BCUT2D eigenvalue weighted by Gasteiger charge is -2.34. The maximum Gasteiger partial charge on any atom is 0.0208 e. The Morgan fingerprint density at radius 1 is 1.28 bits per heavy atom. The van der Waals surface area contributed by atoms with Crippen LogP contribution in [0.3, 0.4) is 0 Å². The Morgan fingerprint density at radius 2 is 1.94 bits per heavy atom. The molecule has 1 aliphatic rings. The largest absolute Gasteiger partial charge is 0.310 e. The van der Waals surface area contributed by atoms with Gasteiger partial charge in [-0.1, -0.05) is 41.9 Å². The normalized spacial score (nSPS) is 20.0. The third-order valence-electron chi connectivity index (χ3n) is 4.16. The molecule has 0 unspecified atom stereocenters. The van der Waals surface area contributed by atoms with Gasteiger partial charge in [-0.25, -0.2) is 0 Å². The molecule has 1 aliphatic carbocycles. The van der Waals surface area contributed by atoms with Gasteiger partial charge in [0.05, 0.1) is 0 Å². The van der Waals surface area contributed by atoms with E-state index in [-0.39, 0.29) is 0 Å². The molecule has 1 nitrogen and oxygen atoms in total. The van der Waals surface area contributed by atoms with Crippen molar-refractivity contribution in [1.29, 1.82) is 0 Å². The van der Waals surface area contributed by atoms with Gasteiger partial charge in [0.2, 0.25) is 0 Å². The first-order valence-electron chi connectivity index (χ1n) is 6.95. The summed E-state index contributed by atoms with van der Waals surface area (Å²) in [5.41, 5.74) is 3.27. The molecule has 0 heterocycles. The molecule has 0 amide bonds. The van der Waals surface area contributed by atoms with E-state index in [4.69, 9.17) is 0 Å². The summed E-state index contributed by atoms with van der Waals surface area (Å²) in [5, 5.41) is 3.71. The first-order chi connectivity index (χ1) is 8.46. The molecule has 2 rings (SSSR count). The minimum absolute atomic E-state index is 0.562. The topological polar surface area (TPSA) is 12.0 Å². The minimum atomic E-state index is 0.562. The van der Waals surface area contributed by atoms with E-state index in [1.165, 1.54) is 41.3 Å². The Morgan fingerprint density at radius 3 is 2.56 bits per heavy atom. The average molecular weight is 310 g/mol. The summed E-state index contributed by atoms with van der Waals surface area (Å²) in [4.78, 5) is 0. The standard InChI is InChI=1S/C16H24BrN/c1-12-10-13(4-5-15(12)17)11-18-14-6-8-16(2,3)9-7-14/h4-5,10,14,18H,6-9,11H2,1-3H3. The van der Waals surface area contributed by atoms with Gasteiger partial charge in [-0.15, -0.1) is 0 Å². The minimum Gasteiger partial charge on any atom is -0.310 e. The van der Waals surface area contributed by atoms with Crippen molar-refractivity contribution in [1.82, 2.24) is 5.32 Å². The van der Waals surface area contributed by atoms with Crippen molar-refractivity contribution in [2.45, 2.75) is 59.0 Å². The van der Waals surface area contributed by atoms with E-state index in [2.05, 4.69) is 60.2 Å². The molecule has 1 aromatic carbocycles. The second-order valence-electron chi connectivity index (χ2n) is 6.40. The summed E-state index contributed by atoms with van der Waals surface area (Å²) in [6, 6.07) is 7.33. The molecule has 1 aromatic rings. The van der Waals surface area contributed by atoms with Crippen molar-refractivity contribution in [2.75, 3.05) is 0 Å². The van der Waals surface area contributed by atoms with Gasteiger partial charge in [-0.2, -0.15) is 0 Å². The molecule has 0 aromatic heterocycles. The van der Waals surface area contributed by atoms with Crippen LogP contribution < -0.4 is 5.32 Å². The predicted octanol–water partition coefficient (Wildman–Crippen LogP) is 4.82. The molecule has 1 saturated carbocycles. The van der Waals surface area contributed by atoms with Crippen LogP contribution >= 0.6 is 15.9 Å². The van der Waals surface area contributed by atoms with Gasteiger partial charge >= 0.3 is 0 Å². The van der Waals surface area contributed by atoms with Gasteiger partial charge in [0.25, 0.3) is 0 Å². The fraction of sp³-hybridized carbons (Fsp3) is 0.625. The van der Waals surface area contributed by atoms with Crippen LogP contribution in [0.25, 0.3) is 0 Å². The molecule has 0 bridgehead atoms. The quantitative estimate of drug-likeness (QED) is 0.844. The third-order valence-corrected chi connectivity index (χ3v) is 5.05. The van der Waals surface area contributed by atoms with E-state index in [0.717, 1.165) is 6.54 Å². The summed E-state index contributed by atoms with van der Waals surface area (Å²) in [7, 11) is 0. The lowest BCUT2D eigenvalue weighted by molar-refractivity contribution is 0.206. The van der Waals surface area contributed by atoms with Gasteiger partial charge < -0.3 is 5.32 Å². The Kier molecular flexibility index (Phi) is 4.50. The monoisotopic (exact) mass is 309 g/mol. The summed E-state index contributed by atoms with van der Waals surface area (Å²) >= 11 is 3.55. The van der Waals surface area contributed by atoms with Gasteiger partial charge in [0.1, 0.15) is 0 Å². The van der Waals surface area contributed by atoms with Crippen LogP contribution in [-0.4, -0.2) is 6.04 Å². The molecule has 2 heteroatoms. The van der Waals surface area contributed by atoms with Crippen LogP contribution in [0.4, 0.5) is 0 Å². The predicted molar refractivity (Wildman–Crippen MR) is 81.8 cm³/mol. The second-order valence-corrected chi connectivity index (χ2v) is 7.26. The average Bonchev–Trinajstić information content (AvgIpc) is 2.32. The van der Waals surface area contributed by atoms with E-state index >= 15 is 0 Å². The fourth-order valence-corrected chi connectivity index (χ4v) is 2.93. The summed E-state index contributed by atoms with van der Waals surface area (Å²) in [6.45, 7) is 7.93. The van der Waals surface area contributed by atoms with Crippen LogP contribution in [0, 0.1) is 12.3 Å². The first kappa shape index (κ1) is 14.1. The molecule has 0 atom stereocenters. The Bertz CT molecular complexity index is 402. The lowest BCUT2D eigenvalue weighted by Crippen LogP contribution is -2.35. The van der Waals surface area contributed by atoms with Crippen molar-refractivity contribution in [3.8, 4) is 0 Å². The number of benzene rings is 1. The van der Waals surface area contributed by atoms with E-state index < -0.39 is 0 Å². The second kappa shape index (κ2) is 5.75. The van der Waals surface area contributed by atoms with Gasteiger partial charge in [-0.3, -0.25) is 0 Å². The summed E-state index contributed by atoms with van der Waals surface area (Å²) in [6.07, 6.45) is 5.35. The Labute approximate surface area is 119 Å². The highest BCUT2D eigenvalue weighted by Gasteiger charge is 2.26. The van der Waals surface area contributed by atoms with Crippen LogP contribution in [0.1, 0.15) is 50.7 Å². The molecule has 100 valence electrons. The number of aryl methyl sites for hydroxylation is 1. The SMILES string of the molecule is Cc1cc(CNC2CCC(C)(C)CC2)ccc1Br. The zero-order valence-electron chi connectivity index (χ0n) is 11.7. The third kappa shape index (κ3) is 3.83. The highest BCUT2D eigenvalue weighted by atomic mass is 79.9. The van der Waals surface area contributed by atoms with E-state index in [9.17, 15) is 0 Å². The number of rotatable bonds is 3. The highest BCUT2D eigenvalue weighted by molar-refractivity contribution is 9.10.